The maximum absolute atomic E-state index is 6.07. The molecule has 2 saturated carbocycles. The highest BCUT2D eigenvalue weighted by molar-refractivity contribution is 6.51. The van der Waals surface area contributed by atoms with Crippen molar-refractivity contribution in [2.24, 2.45) is 17.8 Å². The SMILES string of the molecule is C=CC1CCC2C(C1)C2(Cl)Cl. The van der Waals surface area contributed by atoms with Crippen LogP contribution < -0.4 is 0 Å². The molecule has 0 amide bonds. The van der Waals surface area contributed by atoms with Gasteiger partial charge in [-0.1, -0.05) is 6.08 Å². The third-order valence-electron chi connectivity index (χ3n) is 3.10. The molecule has 11 heavy (non-hydrogen) atoms. The smallest absolute Gasteiger partial charge is 0.103 e. The van der Waals surface area contributed by atoms with Gasteiger partial charge in [0.25, 0.3) is 0 Å². The van der Waals surface area contributed by atoms with E-state index in [1.54, 1.807) is 0 Å². The van der Waals surface area contributed by atoms with Gasteiger partial charge in [-0.15, -0.1) is 29.8 Å². The summed E-state index contributed by atoms with van der Waals surface area (Å²) >= 11 is 12.1. The molecule has 0 aliphatic heterocycles. The molecule has 0 aromatic heterocycles. The minimum atomic E-state index is -0.377. The molecule has 2 aliphatic carbocycles. The fourth-order valence-corrected chi connectivity index (χ4v) is 3.11. The molecule has 0 aromatic carbocycles. The van der Waals surface area contributed by atoms with Gasteiger partial charge in [-0.3, -0.25) is 0 Å². The molecule has 0 saturated heterocycles. The number of rotatable bonds is 1. The number of hydrogen-bond donors (Lipinski definition) is 0. The largest absolute Gasteiger partial charge is 0.124 e. The van der Waals surface area contributed by atoms with Crippen LogP contribution in [0.2, 0.25) is 0 Å². The molecule has 2 aliphatic rings. The van der Waals surface area contributed by atoms with Crippen LogP contribution in [0, 0.1) is 17.8 Å². The zero-order valence-corrected chi connectivity index (χ0v) is 7.91. The Kier molecular flexibility index (Phi) is 1.73. The van der Waals surface area contributed by atoms with E-state index in [0.717, 1.165) is 6.42 Å². The lowest BCUT2D eigenvalue weighted by Gasteiger charge is -2.15. The van der Waals surface area contributed by atoms with Gasteiger partial charge in [-0.05, 0) is 37.0 Å². The molecule has 0 aromatic rings. The zero-order valence-electron chi connectivity index (χ0n) is 6.39. The van der Waals surface area contributed by atoms with Crippen LogP contribution in [0.4, 0.5) is 0 Å². The predicted octanol–water partition coefficient (Wildman–Crippen LogP) is 3.39. The Morgan fingerprint density at radius 2 is 2.00 bits per heavy atom. The second kappa shape index (κ2) is 2.40. The molecule has 0 bridgehead atoms. The third-order valence-corrected chi connectivity index (χ3v) is 4.22. The first kappa shape index (κ1) is 7.94. The van der Waals surface area contributed by atoms with Crippen molar-refractivity contribution in [3.05, 3.63) is 12.7 Å². The lowest BCUT2D eigenvalue weighted by molar-refractivity contribution is 0.401. The summed E-state index contributed by atoms with van der Waals surface area (Å²) in [5, 5.41) is 0. The summed E-state index contributed by atoms with van der Waals surface area (Å²) in [5.41, 5.74) is 0. The highest BCUT2D eigenvalue weighted by Crippen LogP contribution is 2.66. The summed E-state index contributed by atoms with van der Waals surface area (Å²) in [4.78, 5) is 0. The van der Waals surface area contributed by atoms with Gasteiger partial charge in [0.1, 0.15) is 4.33 Å². The molecular formula is C9H12Cl2. The van der Waals surface area contributed by atoms with Crippen molar-refractivity contribution in [2.45, 2.75) is 23.6 Å². The first-order chi connectivity index (χ1) is 5.16. The van der Waals surface area contributed by atoms with Crippen LogP contribution in [0.25, 0.3) is 0 Å². The van der Waals surface area contributed by atoms with E-state index in [-0.39, 0.29) is 4.33 Å². The monoisotopic (exact) mass is 190 g/mol. The summed E-state index contributed by atoms with van der Waals surface area (Å²) in [6.07, 6.45) is 5.61. The van der Waals surface area contributed by atoms with Crippen molar-refractivity contribution < 1.29 is 0 Å². The van der Waals surface area contributed by atoms with Crippen molar-refractivity contribution in [1.29, 1.82) is 0 Å². The van der Waals surface area contributed by atoms with E-state index in [1.807, 2.05) is 6.08 Å². The molecule has 3 atom stereocenters. The van der Waals surface area contributed by atoms with Crippen LogP contribution in [-0.2, 0) is 0 Å². The molecule has 0 spiro atoms. The van der Waals surface area contributed by atoms with Gasteiger partial charge in [0.2, 0.25) is 0 Å². The van der Waals surface area contributed by atoms with Crippen LogP contribution in [-0.4, -0.2) is 4.33 Å². The van der Waals surface area contributed by atoms with Crippen LogP contribution in [0.3, 0.4) is 0 Å². The molecule has 0 radical (unpaired) electrons. The topological polar surface area (TPSA) is 0 Å². The van der Waals surface area contributed by atoms with Gasteiger partial charge in [0, 0.05) is 0 Å². The van der Waals surface area contributed by atoms with Gasteiger partial charge in [0.15, 0.2) is 0 Å². The van der Waals surface area contributed by atoms with Gasteiger partial charge in [0.05, 0.1) is 0 Å². The van der Waals surface area contributed by atoms with E-state index in [2.05, 4.69) is 6.58 Å². The van der Waals surface area contributed by atoms with Gasteiger partial charge < -0.3 is 0 Å². The minimum Gasteiger partial charge on any atom is -0.103 e. The Morgan fingerprint density at radius 3 is 2.55 bits per heavy atom. The maximum atomic E-state index is 6.07. The number of fused-ring (bicyclic) bond motifs is 1. The summed E-state index contributed by atoms with van der Waals surface area (Å²) in [6.45, 7) is 3.80. The molecule has 62 valence electrons. The predicted molar refractivity (Wildman–Crippen MR) is 49.0 cm³/mol. The third kappa shape index (κ3) is 1.11. The molecule has 2 fully saturated rings. The van der Waals surface area contributed by atoms with Crippen LogP contribution in [0.15, 0.2) is 12.7 Å². The van der Waals surface area contributed by atoms with Crippen LogP contribution in [0.1, 0.15) is 19.3 Å². The van der Waals surface area contributed by atoms with Crippen molar-refractivity contribution >= 4 is 23.2 Å². The van der Waals surface area contributed by atoms with Gasteiger partial charge in [-0.2, -0.15) is 0 Å². The van der Waals surface area contributed by atoms with E-state index >= 15 is 0 Å². The molecule has 0 nitrogen and oxygen atoms in total. The Bertz CT molecular complexity index is 186. The quantitative estimate of drug-likeness (QED) is 0.440. The van der Waals surface area contributed by atoms with Crippen molar-refractivity contribution in [3.8, 4) is 0 Å². The Labute approximate surface area is 77.6 Å². The van der Waals surface area contributed by atoms with Crippen molar-refractivity contribution in [2.75, 3.05) is 0 Å². The van der Waals surface area contributed by atoms with Crippen LogP contribution in [0.5, 0.6) is 0 Å². The van der Waals surface area contributed by atoms with Crippen molar-refractivity contribution in [3.63, 3.8) is 0 Å². The van der Waals surface area contributed by atoms with Crippen molar-refractivity contribution in [1.82, 2.24) is 0 Å². The van der Waals surface area contributed by atoms with E-state index in [0.29, 0.717) is 17.8 Å². The fourth-order valence-electron chi connectivity index (χ4n) is 2.23. The Balaban J connectivity index is 2.02. The average molecular weight is 191 g/mol. The number of hydrogen-bond acceptors (Lipinski definition) is 0. The Morgan fingerprint density at radius 1 is 1.27 bits per heavy atom. The normalized spacial score (nSPS) is 46.2. The zero-order chi connectivity index (χ0) is 8.06. The maximum Gasteiger partial charge on any atom is 0.124 e. The fraction of sp³-hybridized carbons (Fsp3) is 0.778. The van der Waals surface area contributed by atoms with E-state index < -0.39 is 0 Å². The molecule has 0 N–H and O–H groups in total. The van der Waals surface area contributed by atoms with E-state index in [4.69, 9.17) is 23.2 Å². The number of alkyl halides is 2. The molecule has 2 heteroatoms. The Hall–Kier alpha value is 0.320. The molecular weight excluding hydrogens is 179 g/mol. The number of halogens is 2. The summed E-state index contributed by atoms with van der Waals surface area (Å²) in [7, 11) is 0. The van der Waals surface area contributed by atoms with E-state index in [9.17, 15) is 0 Å². The lowest BCUT2D eigenvalue weighted by atomic mass is 9.90. The van der Waals surface area contributed by atoms with E-state index in [1.165, 1.54) is 12.8 Å². The summed E-state index contributed by atoms with van der Waals surface area (Å²) in [5.74, 6) is 1.81. The first-order valence-corrected chi connectivity index (χ1v) is 4.92. The summed E-state index contributed by atoms with van der Waals surface area (Å²) in [6, 6.07) is 0. The number of allylic oxidation sites excluding steroid dienone is 1. The second-order valence-electron chi connectivity index (χ2n) is 3.70. The molecule has 3 unspecified atom stereocenters. The standard InChI is InChI=1S/C9H12Cl2/c1-2-6-3-4-7-8(5-6)9(7,10)11/h2,6-8H,1,3-5H2. The second-order valence-corrected chi connectivity index (χ2v) is 5.14. The van der Waals surface area contributed by atoms with Gasteiger partial charge in [-0.25, -0.2) is 0 Å². The first-order valence-electron chi connectivity index (χ1n) is 4.16. The van der Waals surface area contributed by atoms with Crippen LogP contribution >= 0.6 is 23.2 Å². The molecule has 2 rings (SSSR count). The minimum absolute atomic E-state index is 0.377. The highest BCUT2D eigenvalue weighted by Gasteiger charge is 2.63. The molecule has 0 heterocycles. The summed E-state index contributed by atoms with van der Waals surface area (Å²) < 4.78 is -0.377. The van der Waals surface area contributed by atoms with Gasteiger partial charge >= 0.3 is 0 Å². The average Bonchev–Trinajstić information content (AvgIpc) is 2.55. The highest BCUT2D eigenvalue weighted by atomic mass is 35.5. The lowest BCUT2D eigenvalue weighted by Crippen LogP contribution is -2.04.